The first-order valence-corrected chi connectivity index (χ1v) is 7.82. The Morgan fingerprint density at radius 1 is 1.18 bits per heavy atom. The lowest BCUT2D eigenvalue weighted by Gasteiger charge is -2.43. The molecule has 1 saturated heterocycles. The van der Waals surface area contributed by atoms with Crippen molar-refractivity contribution in [2.45, 2.75) is 37.5 Å². The van der Waals surface area contributed by atoms with Gasteiger partial charge in [0.1, 0.15) is 0 Å². The number of rotatable bonds is 4. The van der Waals surface area contributed by atoms with Crippen LogP contribution in [0.25, 0.3) is 0 Å². The van der Waals surface area contributed by atoms with Gasteiger partial charge in [0.05, 0.1) is 5.25 Å². The van der Waals surface area contributed by atoms with Gasteiger partial charge < -0.3 is 5.73 Å². The van der Waals surface area contributed by atoms with E-state index in [1.807, 2.05) is 0 Å². The molecule has 0 amide bonds. The summed E-state index contributed by atoms with van der Waals surface area (Å²) in [6.07, 6.45) is 1.69. The average molecular weight is 261 g/mol. The van der Waals surface area contributed by atoms with Crippen molar-refractivity contribution >= 4 is 10.0 Å². The third kappa shape index (κ3) is 2.65. The Morgan fingerprint density at radius 3 is 2.12 bits per heavy atom. The van der Waals surface area contributed by atoms with Crippen LogP contribution in [0.3, 0.4) is 0 Å². The van der Waals surface area contributed by atoms with Crippen molar-refractivity contribution in [3.8, 4) is 0 Å². The molecule has 1 heterocycles. The summed E-state index contributed by atoms with van der Waals surface area (Å²) in [6, 6.07) is 0. The largest absolute Gasteiger partial charge is 0.329 e. The van der Waals surface area contributed by atoms with E-state index >= 15 is 0 Å². The van der Waals surface area contributed by atoms with Crippen LogP contribution >= 0.6 is 0 Å². The minimum Gasteiger partial charge on any atom is -0.329 e. The molecule has 6 heteroatoms. The summed E-state index contributed by atoms with van der Waals surface area (Å²) in [5, 5.41) is -0.0865. The Labute approximate surface area is 104 Å². The maximum atomic E-state index is 12.1. The van der Waals surface area contributed by atoms with Crippen molar-refractivity contribution < 1.29 is 8.42 Å². The quantitative estimate of drug-likeness (QED) is 0.763. The van der Waals surface area contributed by atoms with Crippen molar-refractivity contribution in [2.75, 3.05) is 32.7 Å². The van der Waals surface area contributed by atoms with E-state index in [0.29, 0.717) is 19.6 Å². The van der Waals surface area contributed by atoms with Crippen molar-refractivity contribution in [1.82, 2.24) is 9.21 Å². The highest BCUT2D eigenvalue weighted by Gasteiger charge is 2.41. The molecule has 0 aromatic carbocycles. The van der Waals surface area contributed by atoms with Crippen LogP contribution in [0.2, 0.25) is 0 Å². The van der Waals surface area contributed by atoms with Gasteiger partial charge in [-0.05, 0) is 26.7 Å². The molecule has 100 valence electrons. The van der Waals surface area contributed by atoms with E-state index in [4.69, 9.17) is 5.73 Å². The maximum absolute atomic E-state index is 12.1. The molecule has 2 aliphatic rings. The molecule has 0 radical (unpaired) electrons. The van der Waals surface area contributed by atoms with E-state index in [-0.39, 0.29) is 10.8 Å². The second kappa shape index (κ2) is 4.50. The molecule has 5 nitrogen and oxygen atoms in total. The molecule has 2 N–H and O–H groups in total. The van der Waals surface area contributed by atoms with Crippen LogP contribution in [-0.4, -0.2) is 61.1 Å². The van der Waals surface area contributed by atoms with Crippen molar-refractivity contribution in [3.05, 3.63) is 0 Å². The van der Waals surface area contributed by atoms with Gasteiger partial charge >= 0.3 is 0 Å². The first-order valence-electron chi connectivity index (χ1n) is 6.32. The first-order chi connectivity index (χ1) is 7.88. The standard InChI is InChI=1S/C11H23N3O2S/c1-11(2,9-12)13-5-7-14(8-6-13)17(15,16)10-3-4-10/h10H,3-9,12H2,1-2H3. The number of nitrogens with zero attached hydrogens (tertiary/aromatic N) is 2. The Hall–Kier alpha value is -0.170. The van der Waals surface area contributed by atoms with E-state index in [9.17, 15) is 8.42 Å². The van der Waals surface area contributed by atoms with Gasteiger partial charge in [-0.1, -0.05) is 0 Å². The van der Waals surface area contributed by atoms with Gasteiger partial charge in [0.25, 0.3) is 0 Å². The molecule has 1 aliphatic heterocycles. The number of nitrogens with two attached hydrogens (primary N) is 1. The average Bonchev–Trinajstić information content (AvgIpc) is 3.13. The topological polar surface area (TPSA) is 66.6 Å². The van der Waals surface area contributed by atoms with Crippen LogP contribution in [0.15, 0.2) is 0 Å². The first kappa shape index (κ1) is 13.3. The van der Waals surface area contributed by atoms with Gasteiger partial charge in [-0.2, -0.15) is 4.31 Å². The maximum Gasteiger partial charge on any atom is 0.217 e. The highest BCUT2D eigenvalue weighted by Crippen LogP contribution is 2.31. The molecule has 0 aromatic rings. The molecule has 0 aromatic heterocycles. The molecule has 0 unspecified atom stereocenters. The highest BCUT2D eigenvalue weighted by molar-refractivity contribution is 7.90. The molecule has 17 heavy (non-hydrogen) atoms. The summed E-state index contributed by atoms with van der Waals surface area (Å²) in [7, 11) is -2.99. The normalized spacial score (nSPS) is 25.1. The summed E-state index contributed by atoms with van der Waals surface area (Å²) >= 11 is 0. The molecule has 0 spiro atoms. The van der Waals surface area contributed by atoms with Crippen LogP contribution in [0.5, 0.6) is 0 Å². The molecular weight excluding hydrogens is 238 g/mol. The van der Waals surface area contributed by atoms with E-state index in [0.717, 1.165) is 25.9 Å². The smallest absolute Gasteiger partial charge is 0.217 e. The minimum atomic E-state index is -2.99. The summed E-state index contributed by atoms with van der Waals surface area (Å²) in [4.78, 5) is 2.28. The Balaban J connectivity index is 1.94. The Kier molecular flexibility index (Phi) is 3.51. The lowest BCUT2D eigenvalue weighted by Crippen LogP contribution is -2.58. The zero-order valence-electron chi connectivity index (χ0n) is 10.7. The molecule has 2 rings (SSSR count). The number of hydrogen-bond acceptors (Lipinski definition) is 4. The SMILES string of the molecule is CC(C)(CN)N1CCN(S(=O)(=O)C2CC2)CC1. The minimum absolute atomic E-state index is 0.0323. The van der Waals surface area contributed by atoms with E-state index in [1.165, 1.54) is 0 Å². The molecule has 0 atom stereocenters. The predicted octanol–water partition coefficient (Wildman–Crippen LogP) is -0.166. The third-order valence-corrected chi connectivity index (χ3v) is 6.30. The van der Waals surface area contributed by atoms with E-state index in [2.05, 4.69) is 18.7 Å². The summed E-state index contributed by atoms with van der Waals surface area (Å²) in [5.41, 5.74) is 5.71. The van der Waals surface area contributed by atoms with Gasteiger partial charge in [-0.3, -0.25) is 4.90 Å². The molecule has 0 bridgehead atoms. The van der Waals surface area contributed by atoms with Gasteiger partial charge in [0.2, 0.25) is 10.0 Å². The summed E-state index contributed by atoms with van der Waals surface area (Å²) in [6.45, 7) is 7.62. The molecule has 2 fully saturated rings. The zero-order valence-corrected chi connectivity index (χ0v) is 11.5. The number of sulfonamides is 1. The zero-order chi connectivity index (χ0) is 12.7. The van der Waals surface area contributed by atoms with Crippen molar-refractivity contribution in [3.63, 3.8) is 0 Å². The monoisotopic (exact) mass is 261 g/mol. The lowest BCUT2D eigenvalue weighted by atomic mass is 10.0. The van der Waals surface area contributed by atoms with Gasteiger partial charge in [-0.25, -0.2) is 8.42 Å². The lowest BCUT2D eigenvalue weighted by molar-refractivity contribution is 0.0849. The fourth-order valence-electron chi connectivity index (χ4n) is 2.25. The Morgan fingerprint density at radius 2 is 1.71 bits per heavy atom. The Bertz CT molecular complexity index is 368. The van der Waals surface area contributed by atoms with E-state index < -0.39 is 10.0 Å². The summed E-state index contributed by atoms with van der Waals surface area (Å²) < 4.78 is 25.8. The second-order valence-corrected chi connectivity index (χ2v) is 7.86. The second-order valence-electron chi connectivity index (χ2n) is 5.65. The van der Waals surface area contributed by atoms with Crippen molar-refractivity contribution in [2.24, 2.45) is 5.73 Å². The fraction of sp³-hybridized carbons (Fsp3) is 1.00. The van der Waals surface area contributed by atoms with Gasteiger partial charge in [0, 0.05) is 38.3 Å². The van der Waals surface area contributed by atoms with Crippen LogP contribution in [0.1, 0.15) is 26.7 Å². The van der Waals surface area contributed by atoms with Gasteiger partial charge in [-0.15, -0.1) is 0 Å². The van der Waals surface area contributed by atoms with Crippen LogP contribution < -0.4 is 5.73 Å². The van der Waals surface area contributed by atoms with Crippen LogP contribution in [0.4, 0.5) is 0 Å². The van der Waals surface area contributed by atoms with Gasteiger partial charge in [0.15, 0.2) is 0 Å². The molecule has 1 saturated carbocycles. The third-order valence-electron chi connectivity index (χ3n) is 3.90. The molecule has 1 aliphatic carbocycles. The molecular formula is C11H23N3O2S. The van der Waals surface area contributed by atoms with Crippen LogP contribution in [0, 0.1) is 0 Å². The predicted molar refractivity (Wildman–Crippen MR) is 68.2 cm³/mol. The summed E-state index contributed by atoms with van der Waals surface area (Å²) in [5.74, 6) is 0. The fourth-order valence-corrected chi connectivity index (χ4v) is 4.08. The number of hydrogen-bond donors (Lipinski definition) is 1. The number of piperazine rings is 1. The van der Waals surface area contributed by atoms with E-state index in [1.54, 1.807) is 4.31 Å². The van der Waals surface area contributed by atoms with Crippen molar-refractivity contribution in [1.29, 1.82) is 0 Å². The van der Waals surface area contributed by atoms with Crippen LogP contribution in [-0.2, 0) is 10.0 Å². The highest BCUT2D eigenvalue weighted by atomic mass is 32.2.